The molecular formula is C15H18N2O3S2. The van der Waals surface area contributed by atoms with Crippen molar-refractivity contribution < 1.29 is 9.21 Å². The van der Waals surface area contributed by atoms with Gasteiger partial charge in [0.15, 0.2) is 5.58 Å². The van der Waals surface area contributed by atoms with Crippen LogP contribution in [0, 0.1) is 0 Å². The normalized spacial score (nSPS) is 17.9. The van der Waals surface area contributed by atoms with E-state index in [1.807, 2.05) is 21.6 Å². The second-order valence-corrected chi connectivity index (χ2v) is 8.14. The molecule has 1 aromatic heterocycles. The number of nitrogens with one attached hydrogen (secondary N) is 2. The van der Waals surface area contributed by atoms with Crippen LogP contribution in [0.1, 0.15) is 32.1 Å². The molecule has 1 amide bonds. The van der Waals surface area contributed by atoms with Crippen LogP contribution < -0.4 is 11.1 Å². The van der Waals surface area contributed by atoms with E-state index < -0.39 is 5.76 Å². The molecule has 0 spiro atoms. The smallest absolute Gasteiger partial charge is 0.408 e. The maximum atomic E-state index is 11.9. The molecule has 2 N–H and O–H groups in total. The molecule has 0 radical (unpaired) electrons. The van der Waals surface area contributed by atoms with E-state index in [4.69, 9.17) is 4.42 Å². The number of aromatic nitrogens is 1. The lowest BCUT2D eigenvalue weighted by molar-refractivity contribution is -0.116. The molecule has 7 heteroatoms. The molecule has 1 saturated heterocycles. The van der Waals surface area contributed by atoms with E-state index in [1.165, 1.54) is 18.6 Å². The van der Waals surface area contributed by atoms with Crippen molar-refractivity contribution in [1.29, 1.82) is 0 Å². The fraction of sp³-hybridized carbons (Fsp3) is 0.467. The zero-order valence-electron chi connectivity index (χ0n) is 12.1. The first kappa shape index (κ1) is 15.6. The first-order chi connectivity index (χ1) is 10.7. The average Bonchev–Trinajstić information content (AvgIpc) is 3.11. The summed E-state index contributed by atoms with van der Waals surface area (Å²) in [5.41, 5.74) is 1.77. The molecule has 0 aliphatic carbocycles. The van der Waals surface area contributed by atoms with E-state index in [1.54, 1.807) is 18.2 Å². The Labute approximate surface area is 136 Å². The molecule has 5 nitrogen and oxygen atoms in total. The number of anilines is 1. The zero-order chi connectivity index (χ0) is 15.4. The number of amides is 1. The van der Waals surface area contributed by atoms with Crippen molar-refractivity contribution >= 4 is 44.3 Å². The standard InChI is InChI=1S/C15H18N2O3S2/c18-14(4-2-1-3-11-7-8-21-22-11)16-10-5-6-13-12(9-10)17-15(19)20-13/h5-6,9,11H,1-4,7-8H2,(H,16,18)(H,17,19). The van der Waals surface area contributed by atoms with Crippen LogP contribution in [0.5, 0.6) is 0 Å². The molecule has 22 heavy (non-hydrogen) atoms. The van der Waals surface area contributed by atoms with Crippen molar-refractivity contribution in [2.24, 2.45) is 0 Å². The van der Waals surface area contributed by atoms with E-state index in [0.717, 1.165) is 18.1 Å². The highest BCUT2D eigenvalue weighted by Crippen LogP contribution is 2.39. The van der Waals surface area contributed by atoms with Gasteiger partial charge >= 0.3 is 5.76 Å². The average molecular weight is 338 g/mol. The lowest BCUT2D eigenvalue weighted by Gasteiger charge is -2.07. The summed E-state index contributed by atoms with van der Waals surface area (Å²) in [6, 6.07) is 5.13. The van der Waals surface area contributed by atoms with Gasteiger partial charge in [0.25, 0.3) is 0 Å². The first-order valence-electron chi connectivity index (χ1n) is 7.42. The summed E-state index contributed by atoms with van der Waals surface area (Å²) < 4.78 is 4.93. The summed E-state index contributed by atoms with van der Waals surface area (Å²) >= 11 is 0. The summed E-state index contributed by atoms with van der Waals surface area (Å²) in [7, 11) is 3.94. The Balaban J connectivity index is 1.44. The largest absolute Gasteiger partial charge is 0.417 e. The van der Waals surface area contributed by atoms with Gasteiger partial charge in [-0.1, -0.05) is 28.0 Å². The van der Waals surface area contributed by atoms with Gasteiger partial charge in [0, 0.05) is 23.1 Å². The quantitative estimate of drug-likeness (QED) is 0.619. The third kappa shape index (κ3) is 4.10. The van der Waals surface area contributed by atoms with E-state index in [0.29, 0.717) is 23.2 Å². The van der Waals surface area contributed by atoms with Crippen LogP contribution in [-0.4, -0.2) is 21.9 Å². The Morgan fingerprint density at radius 3 is 3.14 bits per heavy atom. The zero-order valence-corrected chi connectivity index (χ0v) is 13.7. The van der Waals surface area contributed by atoms with Gasteiger partial charge in [-0.25, -0.2) is 4.79 Å². The van der Waals surface area contributed by atoms with Gasteiger partial charge in [-0.2, -0.15) is 0 Å². The Morgan fingerprint density at radius 2 is 2.32 bits per heavy atom. The predicted molar refractivity (Wildman–Crippen MR) is 92.4 cm³/mol. The topological polar surface area (TPSA) is 75.1 Å². The molecule has 1 unspecified atom stereocenters. The van der Waals surface area contributed by atoms with Crippen LogP contribution in [0.3, 0.4) is 0 Å². The van der Waals surface area contributed by atoms with E-state index in [9.17, 15) is 9.59 Å². The van der Waals surface area contributed by atoms with Gasteiger partial charge in [0.1, 0.15) is 0 Å². The number of aromatic amines is 1. The van der Waals surface area contributed by atoms with Crippen LogP contribution in [0.2, 0.25) is 0 Å². The third-order valence-electron chi connectivity index (χ3n) is 3.61. The van der Waals surface area contributed by atoms with Crippen LogP contribution >= 0.6 is 21.6 Å². The first-order valence-corrected chi connectivity index (χ1v) is 9.80. The van der Waals surface area contributed by atoms with Gasteiger partial charge in [0.2, 0.25) is 5.91 Å². The van der Waals surface area contributed by atoms with E-state index in [2.05, 4.69) is 10.3 Å². The number of oxazole rings is 1. The Bertz CT molecular complexity index is 704. The highest BCUT2D eigenvalue weighted by atomic mass is 33.1. The fourth-order valence-electron chi connectivity index (χ4n) is 2.48. The van der Waals surface area contributed by atoms with Crippen molar-refractivity contribution in [3.8, 4) is 0 Å². The van der Waals surface area contributed by atoms with Gasteiger partial charge in [-0.05, 0) is 37.5 Å². The monoisotopic (exact) mass is 338 g/mol. The van der Waals surface area contributed by atoms with Crippen molar-refractivity contribution in [3.63, 3.8) is 0 Å². The summed E-state index contributed by atoms with van der Waals surface area (Å²) in [4.78, 5) is 25.6. The Kier molecular flexibility index (Phi) is 5.15. The maximum Gasteiger partial charge on any atom is 0.417 e. The van der Waals surface area contributed by atoms with Crippen molar-refractivity contribution in [2.75, 3.05) is 11.1 Å². The minimum Gasteiger partial charge on any atom is -0.408 e. The van der Waals surface area contributed by atoms with Crippen molar-refractivity contribution in [3.05, 3.63) is 28.7 Å². The number of hydrogen-bond donors (Lipinski definition) is 2. The second kappa shape index (κ2) is 7.28. The minimum atomic E-state index is -0.485. The van der Waals surface area contributed by atoms with Gasteiger partial charge < -0.3 is 9.73 Å². The summed E-state index contributed by atoms with van der Waals surface area (Å²) in [6.07, 6.45) is 5.04. The molecular weight excluding hydrogens is 320 g/mol. The molecule has 2 heterocycles. The van der Waals surface area contributed by atoms with Gasteiger partial charge in [-0.3, -0.25) is 9.78 Å². The van der Waals surface area contributed by atoms with E-state index >= 15 is 0 Å². The van der Waals surface area contributed by atoms with Crippen LogP contribution in [0.25, 0.3) is 11.1 Å². The number of carbonyl (C=O) groups is 1. The second-order valence-electron chi connectivity index (χ2n) is 5.35. The molecule has 3 rings (SSSR count). The van der Waals surface area contributed by atoms with Crippen molar-refractivity contribution in [1.82, 2.24) is 4.98 Å². The molecule has 118 valence electrons. The Hall–Kier alpha value is -1.34. The summed E-state index contributed by atoms with van der Waals surface area (Å²) in [5, 5.41) is 3.63. The maximum absolute atomic E-state index is 11.9. The van der Waals surface area contributed by atoms with Gasteiger partial charge in [-0.15, -0.1) is 0 Å². The number of benzene rings is 1. The molecule has 1 atom stereocenters. The molecule has 1 aliphatic heterocycles. The van der Waals surface area contributed by atoms with Crippen LogP contribution in [0.15, 0.2) is 27.4 Å². The molecule has 1 fully saturated rings. The number of unbranched alkanes of at least 4 members (excludes halogenated alkanes) is 1. The van der Waals surface area contributed by atoms with E-state index in [-0.39, 0.29) is 5.91 Å². The van der Waals surface area contributed by atoms with Gasteiger partial charge in [0.05, 0.1) is 5.52 Å². The van der Waals surface area contributed by atoms with Crippen molar-refractivity contribution in [2.45, 2.75) is 37.4 Å². The number of H-pyrrole nitrogens is 1. The number of carbonyl (C=O) groups excluding carboxylic acids is 1. The number of rotatable bonds is 6. The lowest BCUT2D eigenvalue weighted by atomic mass is 10.1. The molecule has 0 bridgehead atoms. The molecule has 1 aliphatic rings. The minimum absolute atomic E-state index is 0.0126. The fourth-order valence-corrected chi connectivity index (χ4v) is 5.50. The third-order valence-corrected chi connectivity index (χ3v) is 6.62. The predicted octanol–water partition coefficient (Wildman–Crippen LogP) is 3.77. The molecule has 1 aromatic carbocycles. The molecule has 2 aromatic rings. The highest BCUT2D eigenvalue weighted by Gasteiger charge is 2.15. The summed E-state index contributed by atoms with van der Waals surface area (Å²) in [5.74, 6) is 0.786. The lowest BCUT2D eigenvalue weighted by Crippen LogP contribution is -2.11. The number of fused-ring (bicyclic) bond motifs is 1. The SMILES string of the molecule is O=C(CCCCC1CCSS1)Nc1ccc2oc(=O)[nH]c2c1. The van der Waals surface area contributed by atoms with Crippen LogP contribution in [-0.2, 0) is 4.79 Å². The molecule has 0 saturated carbocycles. The Morgan fingerprint density at radius 1 is 1.41 bits per heavy atom. The summed E-state index contributed by atoms with van der Waals surface area (Å²) in [6.45, 7) is 0. The van der Waals surface area contributed by atoms with Crippen LogP contribution in [0.4, 0.5) is 5.69 Å². The number of hydrogen-bond acceptors (Lipinski definition) is 5. The highest BCUT2D eigenvalue weighted by molar-refractivity contribution is 8.77.